The molecule has 0 atom stereocenters. The standard InChI is InChI=1S/C9H5FN2/c10-8-4-6-12-9(7-8)3-1-2-5-11/h4,6-7H,2H2. The summed E-state index contributed by atoms with van der Waals surface area (Å²) < 4.78 is 12.5. The second-order valence-electron chi connectivity index (χ2n) is 2.00. The van der Waals surface area contributed by atoms with E-state index < -0.39 is 0 Å². The van der Waals surface area contributed by atoms with E-state index in [9.17, 15) is 4.39 Å². The van der Waals surface area contributed by atoms with Gasteiger partial charge >= 0.3 is 0 Å². The summed E-state index contributed by atoms with van der Waals surface area (Å²) in [6, 6.07) is 4.33. The van der Waals surface area contributed by atoms with Crippen LogP contribution in [0.1, 0.15) is 12.1 Å². The zero-order valence-electron chi connectivity index (χ0n) is 6.21. The van der Waals surface area contributed by atoms with Gasteiger partial charge in [-0.05, 0) is 12.0 Å². The van der Waals surface area contributed by atoms with Gasteiger partial charge in [-0.15, -0.1) is 0 Å². The summed E-state index contributed by atoms with van der Waals surface area (Å²) in [5.74, 6) is 4.73. The highest BCUT2D eigenvalue weighted by Crippen LogP contribution is 1.96. The number of hydrogen-bond donors (Lipinski definition) is 0. The van der Waals surface area contributed by atoms with Gasteiger partial charge in [0, 0.05) is 12.3 Å². The van der Waals surface area contributed by atoms with Crippen molar-refractivity contribution in [3.63, 3.8) is 0 Å². The monoisotopic (exact) mass is 160 g/mol. The first-order valence-corrected chi connectivity index (χ1v) is 3.30. The van der Waals surface area contributed by atoms with Crippen molar-refractivity contribution >= 4 is 0 Å². The molecule has 0 bridgehead atoms. The first-order valence-electron chi connectivity index (χ1n) is 3.30. The first kappa shape index (κ1) is 8.23. The zero-order chi connectivity index (χ0) is 8.81. The topological polar surface area (TPSA) is 36.7 Å². The van der Waals surface area contributed by atoms with Gasteiger partial charge in [0.1, 0.15) is 11.5 Å². The predicted molar refractivity (Wildman–Crippen MR) is 41.3 cm³/mol. The Labute approximate surface area is 69.7 Å². The molecule has 0 spiro atoms. The third-order valence-electron chi connectivity index (χ3n) is 1.11. The quantitative estimate of drug-likeness (QED) is 0.539. The summed E-state index contributed by atoms with van der Waals surface area (Å²) in [7, 11) is 0. The fraction of sp³-hybridized carbons (Fsp3) is 0.111. The van der Waals surface area contributed by atoms with Crippen LogP contribution < -0.4 is 0 Å². The van der Waals surface area contributed by atoms with E-state index in [2.05, 4.69) is 16.8 Å². The molecule has 0 N–H and O–H groups in total. The largest absolute Gasteiger partial charge is 0.248 e. The van der Waals surface area contributed by atoms with Gasteiger partial charge < -0.3 is 0 Å². The summed E-state index contributed by atoms with van der Waals surface area (Å²) in [5, 5.41) is 8.15. The number of aromatic nitrogens is 1. The predicted octanol–water partition coefficient (Wildman–Crippen LogP) is 1.49. The van der Waals surface area contributed by atoms with E-state index in [-0.39, 0.29) is 12.2 Å². The Morgan fingerprint density at radius 2 is 2.42 bits per heavy atom. The van der Waals surface area contributed by atoms with Crippen LogP contribution in [0.25, 0.3) is 0 Å². The number of rotatable bonds is 0. The highest BCUT2D eigenvalue weighted by molar-refractivity contribution is 5.27. The second-order valence-corrected chi connectivity index (χ2v) is 2.00. The molecule has 0 unspecified atom stereocenters. The molecule has 1 rings (SSSR count). The molecule has 0 saturated carbocycles. The first-order chi connectivity index (χ1) is 5.83. The molecule has 1 aromatic rings. The van der Waals surface area contributed by atoms with Gasteiger partial charge in [-0.3, -0.25) is 0 Å². The third kappa shape index (κ3) is 2.40. The van der Waals surface area contributed by atoms with Crippen LogP contribution in [0.4, 0.5) is 4.39 Å². The molecule has 0 aliphatic heterocycles. The smallest absolute Gasteiger partial charge is 0.127 e. The van der Waals surface area contributed by atoms with Crippen LogP contribution in [0.3, 0.4) is 0 Å². The summed E-state index contributed by atoms with van der Waals surface area (Å²) in [5.41, 5.74) is 0.352. The average Bonchev–Trinajstić information content (AvgIpc) is 2.05. The van der Waals surface area contributed by atoms with E-state index in [1.807, 2.05) is 6.07 Å². The summed E-state index contributed by atoms with van der Waals surface area (Å²) in [6.45, 7) is 0. The van der Waals surface area contributed by atoms with Gasteiger partial charge in [0.15, 0.2) is 0 Å². The lowest BCUT2D eigenvalue weighted by Gasteiger charge is -1.87. The van der Waals surface area contributed by atoms with Gasteiger partial charge in [0.05, 0.1) is 12.5 Å². The molecule has 0 saturated heterocycles. The van der Waals surface area contributed by atoms with E-state index in [0.29, 0.717) is 5.69 Å². The van der Waals surface area contributed by atoms with Crippen LogP contribution in [0, 0.1) is 29.0 Å². The van der Waals surface area contributed by atoms with Crippen LogP contribution in [0.15, 0.2) is 18.3 Å². The van der Waals surface area contributed by atoms with Crippen molar-refractivity contribution in [3.8, 4) is 17.9 Å². The summed E-state index contributed by atoms with van der Waals surface area (Å²) >= 11 is 0. The van der Waals surface area contributed by atoms with Gasteiger partial charge in [-0.1, -0.05) is 5.92 Å². The molecule has 1 heterocycles. The SMILES string of the molecule is N#CCC#Cc1cc(F)ccn1. The normalized spacial score (nSPS) is 8.00. The van der Waals surface area contributed by atoms with Crippen LogP contribution in [-0.4, -0.2) is 4.98 Å². The molecule has 0 amide bonds. The number of nitrogens with zero attached hydrogens (tertiary/aromatic N) is 2. The minimum absolute atomic E-state index is 0.137. The molecule has 0 aromatic carbocycles. The number of halogens is 1. The minimum Gasteiger partial charge on any atom is -0.248 e. The van der Waals surface area contributed by atoms with Crippen molar-refractivity contribution in [2.45, 2.75) is 6.42 Å². The number of pyridine rings is 1. The fourth-order valence-corrected chi connectivity index (χ4v) is 0.647. The molecule has 0 aliphatic carbocycles. The molecular weight excluding hydrogens is 155 g/mol. The third-order valence-corrected chi connectivity index (χ3v) is 1.11. The van der Waals surface area contributed by atoms with Crippen molar-refractivity contribution in [1.82, 2.24) is 4.98 Å². The number of nitriles is 1. The van der Waals surface area contributed by atoms with Crippen molar-refractivity contribution < 1.29 is 4.39 Å². The van der Waals surface area contributed by atoms with Gasteiger partial charge in [-0.2, -0.15) is 5.26 Å². The van der Waals surface area contributed by atoms with Crippen LogP contribution in [0.2, 0.25) is 0 Å². The maximum atomic E-state index is 12.5. The van der Waals surface area contributed by atoms with Crippen LogP contribution >= 0.6 is 0 Å². The molecule has 12 heavy (non-hydrogen) atoms. The zero-order valence-corrected chi connectivity index (χ0v) is 6.21. The molecule has 0 aliphatic rings. The Bertz CT molecular complexity index is 368. The molecular formula is C9H5FN2. The van der Waals surface area contributed by atoms with E-state index in [1.165, 1.54) is 18.3 Å². The molecule has 0 fully saturated rings. The number of hydrogen-bond acceptors (Lipinski definition) is 2. The molecule has 3 heteroatoms. The van der Waals surface area contributed by atoms with Gasteiger partial charge in [0.25, 0.3) is 0 Å². The highest BCUT2D eigenvalue weighted by atomic mass is 19.1. The highest BCUT2D eigenvalue weighted by Gasteiger charge is 1.90. The van der Waals surface area contributed by atoms with E-state index in [1.54, 1.807) is 0 Å². The van der Waals surface area contributed by atoms with E-state index in [0.717, 1.165) is 0 Å². The van der Waals surface area contributed by atoms with E-state index >= 15 is 0 Å². The Hall–Kier alpha value is -1.87. The molecule has 0 radical (unpaired) electrons. The Balaban J connectivity index is 2.79. The maximum Gasteiger partial charge on any atom is 0.127 e. The van der Waals surface area contributed by atoms with Crippen LogP contribution in [0.5, 0.6) is 0 Å². The molecule has 2 nitrogen and oxygen atoms in total. The second kappa shape index (κ2) is 4.10. The van der Waals surface area contributed by atoms with Gasteiger partial charge in [-0.25, -0.2) is 9.37 Å². The minimum atomic E-state index is -0.369. The fourth-order valence-electron chi connectivity index (χ4n) is 0.647. The summed E-state index contributed by atoms with van der Waals surface area (Å²) in [4.78, 5) is 3.79. The van der Waals surface area contributed by atoms with Crippen molar-refractivity contribution in [2.75, 3.05) is 0 Å². The average molecular weight is 160 g/mol. The maximum absolute atomic E-state index is 12.5. The lowest BCUT2D eigenvalue weighted by atomic mass is 10.3. The van der Waals surface area contributed by atoms with Crippen LogP contribution in [-0.2, 0) is 0 Å². The van der Waals surface area contributed by atoms with Crippen molar-refractivity contribution in [3.05, 3.63) is 29.8 Å². The molecule has 1 aromatic heterocycles. The lowest BCUT2D eigenvalue weighted by molar-refractivity contribution is 0.625. The Kier molecular flexibility index (Phi) is 2.81. The van der Waals surface area contributed by atoms with Crippen molar-refractivity contribution in [2.24, 2.45) is 0 Å². The lowest BCUT2D eigenvalue weighted by Crippen LogP contribution is -1.82. The van der Waals surface area contributed by atoms with Gasteiger partial charge in [0.2, 0.25) is 0 Å². The van der Waals surface area contributed by atoms with Crippen molar-refractivity contribution in [1.29, 1.82) is 5.26 Å². The summed E-state index contributed by atoms with van der Waals surface area (Å²) in [6.07, 6.45) is 1.48. The molecule has 58 valence electrons. The Morgan fingerprint density at radius 3 is 3.08 bits per heavy atom. The van der Waals surface area contributed by atoms with E-state index in [4.69, 9.17) is 5.26 Å². The Morgan fingerprint density at radius 1 is 1.58 bits per heavy atom.